The van der Waals surface area contributed by atoms with E-state index < -0.39 is 0 Å². The zero-order valence-corrected chi connectivity index (χ0v) is 19.0. The monoisotopic (exact) mass is 454 g/mol. The number of fused-ring (bicyclic) bond motifs is 5. The first-order chi connectivity index (χ1) is 16.7. The van der Waals surface area contributed by atoms with E-state index in [1.807, 2.05) is 35.4 Å². The van der Waals surface area contributed by atoms with E-state index in [2.05, 4.69) is 47.5 Å². The number of pyridine rings is 1. The molecular weight excluding hydrogens is 428 g/mol. The van der Waals surface area contributed by atoms with Gasteiger partial charge in [0.1, 0.15) is 6.61 Å². The molecule has 6 heteroatoms. The molecule has 2 aromatic carbocycles. The Kier molecular flexibility index (Phi) is 5.30. The van der Waals surface area contributed by atoms with Gasteiger partial charge in [-0.05, 0) is 45.9 Å². The molecule has 0 radical (unpaired) electrons. The Bertz CT molecular complexity index is 1210. The quantitative estimate of drug-likeness (QED) is 0.561. The fourth-order valence-corrected chi connectivity index (χ4v) is 5.45. The lowest BCUT2D eigenvalue weighted by Gasteiger charge is -2.43. The van der Waals surface area contributed by atoms with Crippen LogP contribution in [0.3, 0.4) is 0 Å². The highest BCUT2D eigenvalue weighted by Crippen LogP contribution is 2.44. The van der Waals surface area contributed by atoms with Crippen LogP contribution in [0.5, 0.6) is 5.88 Å². The molecule has 3 heterocycles. The maximum atomic E-state index is 13.3. The Morgan fingerprint density at radius 2 is 1.76 bits per heavy atom. The molecule has 2 aliphatic heterocycles. The molecule has 2 atom stereocenters. The van der Waals surface area contributed by atoms with Gasteiger partial charge >= 0.3 is 6.09 Å². The zero-order valence-electron chi connectivity index (χ0n) is 19.0. The number of methoxy groups -OCH3 is 1. The number of aromatic nitrogens is 1. The molecule has 172 valence electrons. The Morgan fingerprint density at radius 1 is 1.03 bits per heavy atom. The molecule has 3 aliphatic rings. The minimum absolute atomic E-state index is 0.0497. The van der Waals surface area contributed by atoms with Crippen LogP contribution in [0.15, 0.2) is 72.9 Å². The summed E-state index contributed by atoms with van der Waals surface area (Å²) in [4.78, 5) is 19.5. The van der Waals surface area contributed by atoms with E-state index in [1.54, 1.807) is 7.11 Å². The van der Waals surface area contributed by atoms with Crippen molar-refractivity contribution in [3.63, 3.8) is 0 Å². The second-order valence-electron chi connectivity index (χ2n) is 8.96. The van der Waals surface area contributed by atoms with Crippen molar-refractivity contribution in [2.75, 3.05) is 26.9 Å². The lowest BCUT2D eigenvalue weighted by molar-refractivity contribution is -0.0331. The van der Waals surface area contributed by atoms with Gasteiger partial charge in [-0.2, -0.15) is 0 Å². The number of morpholine rings is 1. The Morgan fingerprint density at radius 3 is 2.41 bits per heavy atom. The normalized spacial score (nSPS) is 20.9. The molecule has 2 bridgehead atoms. The maximum absolute atomic E-state index is 13.3. The summed E-state index contributed by atoms with van der Waals surface area (Å²) >= 11 is 0. The molecule has 2 unspecified atom stereocenters. The van der Waals surface area contributed by atoms with Crippen molar-refractivity contribution < 1.29 is 19.0 Å². The topological polar surface area (TPSA) is 60.9 Å². The number of benzene rings is 2. The van der Waals surface area contributed by atoms with Gasteiger partial charge in [-0.1, -0.05) is 54.6 Å². The van der Waals surface area contributed by atoms with Crippen LogP contribution in [-0.2, 0) is 9.47 Å². The minimum atomic E-state index is -0.275. The summed E-state index contributed by atoms with van der Waals surface area (Å²) in [5.41, 5.74) is 7.10. The fourth-order valence-electron chi connectivity index (χ4n) is 5.45. The van der Waals surface area contributed by atoms with Crippen LogP contribution in [0.1, 0.15) is 29.0 Å². The highest BCUT2D eigenvalue weighted by atomic mass is 16.6. The van der Waals surface area contributed by atoms with Crippen molar-refractivity contribution in [1.29, 1.82) is 0 Å². The average molecular weight is 455 g/mol. The summed E-state index contributed by atoms with van der Waals surface area (Å²) in [6.45, 7) is 1.29. The number of amides is 1. The van der Waals surface area contributed by atoms with Crippen LogP contribution in [0.4, 0.5) is 4.79 Å². The number of hydrogen-bond acceptors (Lipinski definition) is 5. The van der Waals surface area contributed by atoms with Crippen LogP contribution in [0, 0.1) is 0 Å². The number of carbonyl (C=O) groups is 1. The smallest absolute Gasteiger partial charge is 0.410 e. The first kappa shape index (κ1) is 20.9. The molecule has 34 heavy (non-hydrogen) atoms. The van der Waals surface area contributed by atoms with Crippen LogP contribution < -0.4 is 4.74 Å². The van der Waals surface area contributed by atoms with Gasteiger partial charge in [0.25, 0.3) is 0 Å². The number of nitrogens with zero attached hydrogens (tertiary/aromatic N) is 2. The summed E-state index contributed by atoms with van der Waals surface area (Å²) in [6.07, 6.45) is 4.36. The fraction of sp³-hybridized carbons (Fsp3) is 0.286. The zero-order chi connectivity index (χ0) is 23.1. The second-order valence-corrected chi connectivity index (χ2v) is 8.96. The summed E-state index contributed by atoms with van der Waals surface area (Å²) in [5, 5.41) is 0. The third-order valence-corrected chi connectivity index (χ3v) is 7.06. The molecule has 0 spiro atoms. The van der Waals surface area contributed by atoms with Gasteiger partial charge in [-0.25, -0.2) is 9.78 Å². The van der Waals surface area contributed by atoms with Crippen LogP contribution >= 0.6 is 0 Å². The van der Waals surface area contributed by atoms with Crippen LogP contribution in [0.2, 0.25) is 0 Å². The Hall–Kier alpha value is -3.64. The van der Waals surface area contributed by atoms with E-state index in [4.69, 9.17) is 14.2 Å². The lowest BCUT2D eigenvalue weighted by atomic mass is 9.91. The Labute approximate surface area is 198 Å². The van der Waals surface area contributed by atoms with E-state index in [-0.39, 0.29) is 24.1 Å². The molecular formula is C28H26N2O4. The first-order valence-corrected chi connectivity index (χ1v) is 11.6. The summed E-state index contributed by atoms with van der Waals surface area (Å²) in [7, 11) is 1.61. The van der Waals surface area contributed by atoms with Gasteiger partial charge in [-0.15, -0.1) is 0 Å². The predicted molar refractivity (Wildman–Crippen MR) is 129 cm³/mol. The van der Waals surface area contributed by atoms with E-state index in [0.717, 1.165) is 5.56 Å². The molecule has 1 amide bonds. The summed E-state index contributed by atoms with van der Waals surface area (Å²) in [5.74, 6) is 0.637. The van der Waals surface area contributed by atoms with Crippen molar-refractivity contribution in [3.05, 3.63) is 89.6 Å². The van der Waals surface area contributed by atoms with Crippen molar-refractivity contribution in [2.45, 2.75) is 24.4 Å². The van der Waals surface area contributed by atoms with Crippen molar-refractivity contribution in [2.24, 2.45) is 0 Å². The Balaban J connectivity index is 1.20. The van der Waals surface area contributed by atoms with Gasteiger partial charge in [0, 0.05) is 18.2 Å². The van der Waals surface area contributed by atoms with Crippen molar-refractivity contribution in [3.8, 4) is 17.0 Å². The van der Waals surface area contributed by atoms with Gasteiger partial charge in [0.05, 0.1) is 32.4 Å². The van der Waals surface area contributed by atoms with Crippen molar-refractivity contribution >= 4 is 11.7 Å². The predicted octanol–water partition coefficient (Wildman–Crippen LogP) is 4.90. The molecule has 6 nitrogen and oxygen atoms in total. The molecule has 1 fully saturated rings. The van der Waals surface area contributed by atoms with E-state index in [0.29, 0.717) is 32.1 Å². The van der Waals surface area contributed by atoms with Gasteiger partial charge in [0.15, 0.2) is 0 Å². The van der Waals surface area contributed by atoms with E-state index >= 15 is 0 Å². The number of hydrogen-bond donors (Lipinski definition) is 0. The lowest BCUT2D eigenvalue weighted by Crippen LogP contribution is -2.56. The van der Waals surface area contributed by atoms with Crippen LogP contribution in [-0.4, -0.2) is 55.0 Å². The van der Waals surface area contributed by atoms with Gasteiger partial charge < -0.3 is 14.2 Å². The van der Waals surface area contributed by atoms with E-state index in [1.165, 1.54) is 27.8 Å². The molecule has 0 saturated carbocycles. The summed E-state index contributed by atoms with van der Waals surface area (Å²) in [6, 6.07) is 20.4. The van der Waals surface area contributed by atoms with Crippen molar-refractivity contribution in [1.82, 2.24) is 9.88 Å². The third-order valence-electron chi connectivity index (χ3n) is 7.06. The molecule has 6 rings (SSSR count). The van der Waals surface area contributed by atoms with Gasteiger partial charge in [0.2, 0.25) is 5.88 Å². The number of rotatable bonds is 4. The first-order valence-electron chi connectivity index (χ1n) is 11.6. The van der Waals surface area contributed by atoms with Crippen LogP contribution in [0.25, 0.3) is 16.7 Å². The SMILES string of the molecule is COc1ccc(C2=CC3COCC(C2)N3C(=O)OCC2c3ccccc3-c3ccccc32)cn1. The second kappa shape index (κ2) is 8.61. The third kappa shape index (κ3) is 3.55. The average Bonchev–Trinajstić information content (AvgIpc) is 3.20. The molecule has 1 saturated heterocycles. The largest absolute Gasteiger partial charge is 0.481 e. The highest BCUT2D eigenvalue weighted by Gasteiger charge is 2.40. The number of carbonyl (C=O) groups excluding carboxylic acids is 1. The number of ether oxygens (including phenoxy) is 3. The van der Waals surface area contributed by atoms with E-state index in [9.17, 15) is 4.79 Å². The maximum Gasteiger partial charge on any atom is 0.410 e. The molecule has 3 aromatic rings. The highest BCUT2D eigenvalue weighted by molar-refractivity contribution is 5.79. The molecule has 0 N–H and O–H groups in total. The molecule has 1 aromatic heterocycles. The minimum Gasteiger partial charge on any atom is -0.481 e. The standard InChI is InChI=1S/C28H26N2O4/c1-32-27-11-10-18(14-29-27)19-12-20-15-33-16-21(13-19)30(20)28(31)34-17-26-24-8-4-2-6-22(24)23-7-3-5-9-25(23)26/h2-12,14,20-21,26H,13,15-17H2,1H3. The summed E-state index contributed by atoms with van der Waals surface area (Å²) < 4.78 is 16.9. The van der Waals surface area contributed by atoms with Gasteiger partial charge in [-0.3, -0.25) is 4.90 Å². The molecule has 1 aliphatic carbocycles.